The van der Waals surface area contributed by atoms with E-state index in [1.165, 1.54) is 19.3 Å². The molecule has 3 saturated carbocycles. The number of fused-ring (bicyclic) bond motifs is 5. The van der Waals surface area contributed by atoms with Gasteiger partial charge in [0.25, 0.3) is 0 Å². The fourth-order valence-corrected chi connectivity index (χ4v) is 5.16. The van der Waals surface area contributed by atoms with Crippen LogP contribution in [0.4, 0.5) is 0 Å². The molecule has 1 amide bonds. The highest BCUT2D eigenvalue weighted by molar-refractivity contribution is 5.83. The van der Waals surface area contributed by atoms with Crippen LogP contribution in [0.2, 0.25) is 0 Å². The first-order chi connectivity index (χ1) is 8.68. The van der Waals surface area contributed by atoms with Crippen LogP contribution in [0.5, 0.6) is 0 Å². The Balaban J connectivity index is 1.40. The van der Waals surface area contributed by atoms with E-state index in [-0.39, 0.29) is 5.54 Å². The zero-order valence-electron chi connectivity index (χ0n) is 11.2. The smallest absolute Gasteiger partial charge is 0.224 e. The van der Waals surface area contributed by atoms with E-state index in [1.54, 1.807) is 0 Å². The highest BCUT2D eigenvalue weighted by Gasteiger charge is 2.67. The van der Waals surface area contributed by atoms with Crippen molar-refractivity contribution in [3.63, 3.8) is 0 Å². The molecule has 3 heteroatoms. The second kappa shape index (κ2) is 3.72. The number of hydrogen-bond donors (Lipinski definition) is 2. The number of hydrogen-bond acceptors (Lipinski definition) is 2. The van der Waals surface area contributed by atoms with Crippen molar-refractivity contribution in [2.45, 2.75) is 44.6 Å². The molecule has 2 N–H and O–H groups in total. The largest absolute Gasteiger partial charge is 0.351 e. The van der Waals surface area contributed by atoms with Crippen LogP contribution in [0.1, 0.15) is 39.0 Å². The molecule has 1 saturated heterocycles. The van der Waals surface area contributed by atoms with Gasteiger partial charge in [0.05, 0.1) is 0 Å². The molecule has 3 nitrogen and oxygen atoms in total. The number of nitrogens with one attached hydrogen (secondary N) is 2. The highest BCUT2D eigenvalue weighted by atomic mass is 16.2. The Morgan fingerprint density at radius 3 is 2.39 bits per heavy atom. The number of carbonyl (C=O) groups is 1. The third-order valence-electron chi connectivity index (χ3n) is 6.17. The standard InChI is InChI=1S/C15H24N2O/c1-15(4-6-16-7-5-15)17-14(18)13-11-9-2-3-10(8-9)12(11)13/h9-13,16H,2-8H2,1H3,(H,17,18). The minimum absolute atomic E-state index is 0.0538. The van der Waals surface area contributed by atoms with E-state index in [1.807, 2.05) is 0 Å². The molecule has 4 aliphatic rings. The van der Waals surface area contributed by atoms with Gasteiger partial charge in [-0.3, -0.25) is 4.79 Å². The fraction of sp³-hybridized carbons (Fsp3) is 0.933. The molecular formula is C15H24N2O. The summed E-state index contributed by atoms with van der Waals surface area (Å²) in [4.78, 5) is 12.5. The summed E-state index contributed by atoms with van der Waals surface area (Å²) in [6.07, 6.45) is 6.38. The number of amides is 1. The third-order valence-corrected chi connectivity index (χ3v) is 6.17. The monoisotopic (exact) mass is 248 g/mol. The summed E-state index contributed by atoms with van der Waals surface area (Å²) >= 11 is 0. The quantitative estimate of drug-likeness (QED) is 0.778. The van der Waals surface area contributed by atoms with Crippen molar-refractivity contribution in [2.24, 2.45) is 29.6 Å². The molecule has 18 heavy (non-hydrogen) atoms. The first-order valence-electron chi connectivity index (χ1n) is 7.71. The number of rotatable bonds is 2. The molecule has 0 aromatic rings. The van der Waals surface area contributed by atoms with Crippen LogP contribution in [0.3, 0.4) is 0 Å². The fourth-order valence-electron chi connectivity index (χ4n) is 5.16. The van der Waals surface area contributed by atoms with Gasteiger partial charge in [0, 0.05) is 11.5 Å². The van der Waals surface area contributed by atoms with Crippen LogP contribution in [0.15, 0.2) is 0 Å². The maximum atomic E-state index is 12.5. The molecule has 4 unspecified atom stereocenters. The zero-order valence-corrected chi connectivity index (χ0v) is 11.2. The Morgan fingerprint density at radius 1 is 1.17 bits per heavy atom. The average molecular weight is 248 g/mol. The first-order valence-corrected chi connectivity index (χ1v) is 7.71. The van der Waals surface area contributed by atoms with E-state index < -0.39 is 0 Å². The lowest BCUT2D eigenvalue weighted by Crippen LogP contribution is -2.53. The maximum absolute atomic E-state index is 12.5. The number of carbonyl (C=O) groups excluding carboxylic acids is 1. The highest BCUT2D eigenvalue weighted by Crippen LogP contribution is 2.69. The molecule has 0 spiro atoms. The SMILES string of the molecule is CC1(NC(=O)C2C3C4CCC(C4)C23)CCNCC1. The summed E-state index contributed by atoms with van der Waals surface area (Å²) in [6, 6.07) is 0. The van der Waals surface area contributed by atoms with Crippen LogP contribution < -0.4 is 10.6 Å². The van der Waals surface area contributed by atoms with Gasteiger partial charge < -0.3 is 10.6 Å². The number of piperidine rings is 1. The minimum atomic E-state index is 0.0538. The van der Waals surface area contributed by atoms with Crippen LogP contribution in [0, 0.1) is 29.6 Å². The molecule has 3 aliphatic carbocycles. The van der Waals surface area contributed by atoms with E-state index in [0.29, 0.717) is 11.8 Å². The van der Waals surface area contributed by atoms with Gasteiger partial charge in [0.2, 0.25) is 5.91 Å². The third kappa shape index (κ3) is 1.56. The molecule has 2 bridgehead atoms. The Labute approximate surface area is 109 Å². The summed E-state index contributed by atoms with van der Waals surface area (Å²) in [5, 5.41) is 6.75. The molecule has 1 aliphatic heterocycles. The van der Waals surface area contributed by atoms with Gasteiger partial charge in [-0.15, -0.1) is 0 Å². The normalized spacial score (nSPS) is 47.7. The van der Waals surface area contributed by atoms with Crippen LogP contribution >= 0.6 is 0 Å². The lowest BCUT2D eigenvalue weighted by Gasteiger charge is -2.35. The second-order valence-corrected chi connectivity index (χ2v) is 7.31. The van der Waals surface area contributed by atoms with Crippen molar-refractivity contribution in [1.82, 2.24) is 10.6 Å². The van der Waals surface area contributed by atoms with Gasteiger partial charge in [0.15, 0.2) is 0 Å². The van der Waals surface area contributed by atoms with Gasteiger partial charge in [-0.1, -0.05) is 0 Å². The summed E-state index contributed by atoms with van der Waals surface area (Å²) in [5.74, 6) is 4.12. The Kier molecular flexibility index (Phi) is 2.33. The van der Waals surface area contributed by atoms with Crippen LogP contribution in [-0.4, -0.2) is 24.5 Å². The molecule has 4 atom stereocenters. The van der Waals surface area contributed by atoms with Crippen molar-refractivity contribution < 1.29 is 4.79 Å². The topological polar surface area (TPSA) is 41.1 Å². The summed E-state index contributed by atoms with van der Waals surface area (Å²) < 4.78 is 0. The van der Waals surface area contributed by atoms with Gasteiger partial charge in [-0.25, -0.2) is 0 Å². The lowest BCUT2D eigenvalue weighted by molar-refractivity contribution is -0.125. The molecule has 0 radical (unpaired) electrons. The molecule has 4 rings (SSSR count). The van der Waals surface area contributed by atoms with E-state index >= 15 is 0 Å². The predicted octanol–water partition coefficient (Wildman–Crippen LogP) is 1.54. The summed E-state index contributed by atoms with van der Waals surface area (Å²) in [5.41, 5.74) is 0.0538. The van der Waals surface area contributed by atoms with Gasteiger partial charge in [-0.2, -0.15) is 0 Å². The van der Waals surface area contributed by atoms with E-state index in [4.69, 9.17) is 0 Å². The van der Waals surface area contributed by atoms with Crippen LogP contribution in [-0.2, 0) is 4.79 Å². The Bertz CT molecular complexity index is 359. The van der Waals surface area contributed by atoms with Crippen molar-refractivity contribution in [3.05, 3.63) is 0 Å². The van der Waals surface area contributed by atoms with Gasteiger partial charge in [0.1, 0.15) is 0 Å². The van der Waals surface area contributed by atoms with E-state index in [9.17, 15) is 4.79 Å². The molecule has 1 heterocycles. The average Bonchev–Trinajstić information content (AvgIpc) is 2.80. The van der Waals surface area contributed by atoms with Gasteiger partial charge >= 0.3 is 0 Å². The van der Waals surface area contributed by atoms with Gasteiger partial charge in [-0.05, 0) is 75.8 Å². The maximum Gasteiger partial charge on any atom is 0.224 e. The zero-order chi connectivity index (χ0) is 12.3. The minimum Gasteiger partial charge on any atom is -0.351 e. The molecule has 0 aromatic heterocycles. The Hall–Kier alpha value is -0.570. The van der Waals surface area contributed by atoms with Crippen molar-refractivity contribution >= 4 is 5.91 Å². The molecule has 4 fully saturated rings. The molecule has 100 valence electrons. The Morgan fingerprint density at radius 2 is 1.78 bits per heavy atom. The van der Waals surface area contributed by atoms with Crippen molar-refractivity contribution in [3.8, 4) is 0 Å². The van der Waals surface area contributed by atoms with E-state index in [2.05, 4.69) is 17.6 Å². The first kappa shape index (κ1) is 11.3. The van der Waals surface area contributed by atoms with Crippen molar-refractivity contribution in [2.75, 3.05) is 13.1 Å². The van der Waals surface area contributed by atoms with Crippen molar-refractivity contribution in [1.29, 1.82) is 0 Å². The summed E-state index contributed by atoms with van der Waals surface area (Å²) in [7, 11) is 0. The predicted molar refractivity (Wildman–Crippen MR) is 70.0 cm³/mol. The van der Waals surface area contributed by atoms with E-state index in [0.717, 1.165) is 49.6 Å². The summed E-state index contributed by atoms with van der Waals surface area (Å²) in [6.45, 7) is 4.30. The molecular weight excluding hydrogens is 224 g/mol. The van der Waals surface area contributed by atoms with Crippen LogP contribution in [0.25, 0.3) is 0 Å². The molecule has 0 aromatic carbocycles. The second-order valence-electron chi connectivity index (χ2n) is 7.31. The lowest BCUT2D eigenvalue weighted by atomic mass is 9.90.